The van der Waals surface area contributed by atoms with Crippen molar-refractivity contribution in [2.45, 2.75) is 26.8 Å². The number of hydrogen-bond donors (Lipinski definition) is 1. The Morgan fingerprint density at radius 1 is 1.37 bits per heavy atom. The van der Waals surface area contributed by atoms with Crippen molar-refractivity contribution in [3.05, 3.63) is 41.3 Å². The van der Waals surface area contributed by atoms with Crippen LogP contribution in [0.3, 0.4) is 0 Å². The lowest BCUT2D eigenvalue weighted by Gasteiger charge is -2.07. The minimum Gasteiger partial charge on any atom is -0.477 e. The molecule has 0 bridgehead atoms. The van der Waals surface area contributed by atoms with Gasteiger partial charge in [-0.05, 0) is 50.6 Å². The Kier molecular flexibility index (Phi) is 3.38. The smallest absolute Gasteiger partial charge is 0.354 e. The Labute approximate surface area is 110 Å². The van der Waals surface area contributed by atoms with Crippen LogP contribution in [0.5, 0.6) is 0 Å². The first kappa shape index (κ1) is 13.3. The maximum atomic E-state index is 13.2. The molecule has 4 nitrogen and oxygen atoms in total. The van der Waals surface area contributed by atoms with Gasteiger partial charge >= 0.3 is 5.97 Å². The summed E-state index contributed by atoms with van der Waals surface area (Å²) in [6, 6.07) is 6.07. The SMILES string of the molecule is Cc1cc(-c2cc(C(=O)O)n(C(C)C)n2)ccc1F. The molecule has 0 aliphatic rings. The molecule has 19 heavy (non-hydrogen) atoms. The highest BCUT2D eigenvalue weighted by Crippen LogP contribution is 2.23. The number of hydrogen-bond acceptors (Lipinski definition) is 2. The van der Waals surface area contributed by atoms with Crippen molar-refractivity contribution in [2.75, 3.05) is 0 Å². The molecule has 1 aromatic heterocycles. The fraction of sp³-hybridized carbons (Fsp3) is 0.286. The average Bonchev–Trinajstić information content (AvgIpc) is 2.78. The van der Waals surface area contributed by atoms with Crippen LogP contribution in [0.1, 0.15) is 35.9 Å². The summed E-state index contributed by atoms with van der Waals surface area (Å²) in [5.74, 6) is -1.31. The maximum absolute atomic E-state index is 13.2. The highest BCUT2D eigenvalue weighted by Gasteiger charge is 2.17. The van der Waals surface area contributed by atoms with Gasteiger partial charge in [0, 0.05) is 11.6 Å². The molecule has 0 amide bonds. The lowest BCUT2D eigenvalue weighted by Crippen LogP contribution is -2.11. The first-order valence-electron chi connectivity index (χ1n) is 5.99. The van der Waals surface area contributed by atoms with E-state index in [1.54, 1.807) is 19.1 Å². The van der Waals surface area contributed by atoms with Gasteiger partial charge in [-0.25, -0.2) is 9.18 Å². The van der Waals surface area contributed by atoms with Gasteiger partial charge in [-0.15, -0.1) is 0 Å². The van der Waals surface area contributed by atoms with E-state index in [2.05, 4.69) is 5.10 Å². The van der Waals surface area contributed by atoms with Gasteiger partial charge < -0.3 is 5.11 Å². The Hall–Kier alpha value is -2.17. The topological polar surface area (TPSA) is 55.1 Å². The summed E-state index contributed by atoms with van der Waals surface area (Å²) in [5.41, 5.74) is 1.88. The van der Waals surface area contributed by atoms with Crippen LogP contribution >= 0.6 is 0 Å². The van der Waals surface area contributed by atoms with Gasteiger partial charge in [0.15, 0.2) is 0 Å². The third-order valence-electron chi connectivity index (χ3n) is 2.90. The molecule has 0 radical (unpaired) electrons. The zero-order valence-corrected chi connectivity index (χ0v) is 11.0. The third-order valence-corrected chi connectivity index (χ3v) is 2.90. The van der Waals surface area contributed by atoms with Crippen molar-refractivity contribution in [1.29, 1.82) is 0 Å². The molecule has 1 aromatic carbocycles. The summed E-state index contributed by atoms with van der Waals surface area (Å²) >= 11 is 0. The Balaban J connectivity index is 2.54. The zero-order chi connectivity index (χ0) is 14.2. The number of carboxylic acids is 1. The summed E-state index contributed by atoms with van der Waals surface area (Å²) in [5, 5.41) is 13.4. The lowest BCUT2D eigenvalue weighted by atomic mass is 10.1. The van der Waals surface area contributed by atoms with E-state index in [0.717, 1.165) is 0 Å². The highest BCUT2D eigenvalue weighted by molar-refractivity contribution is 5.87. The molecule has 100 valence electrons. The fourth-order valence-corrected chi connectivity index (χ4v) is 1.89. The Morgan fingerprint density at radius 3 is 2.53 bits per heavy atom. The number of aryl methyl sites for hydroxylation is 1. The van der Waals surface area contributed by atoms with Crippen molar-refractivity contribution >= 4 is 5.97 Å². The van der Waals surface area contributed by atoms with E-state index in [4.69, 9.17) is 5.11 Å². The van der Waals surface area contributed by atoms with Crippen LogP contribution in [0.4, 0.5) is 4.39 Å². The van der Waals surface area contributed by atoms with E-state index in [1.807, 2.05) is 13.8 Å². The molecule has 0 fully saturated rings. The molecule has 2 rings (SSSR count). The Bertz CT molecular complexity index is 632. The van der Waals surface area contributed by atoms with E-state index in [0.29, 0.717) is 16.8 Å². The lowest BCUT2D eigenvalue weighted by molar-refractivity contribution is 0.0681. The molecule has 1 N–H and O–H groups in total. The molecular weight excluding hydrogens is 247 g/mol. The van der Waals surface area contributed by atoms with E-state index in [9.17, 15) is 9.18 Å². The van der Waals surface area contributed by atoms with Crippen LogP contribution in [0, 0.1) is 12.7 Å². The molecular formula is C14H15FN2O2. The number of rotatable bonds is 3. The normalized spacial score (nSPS) is 11.0. The van der Waals surface area contributed by atoms with Gasteiger partial charge in [-0.3, -0.25) is 4.68 Å². The minimum absolute atomic E-state index is 0.0543. The number of benzene rings is 1. The summed E-state index contributed by atoms with van der Waals surface area (Å²) in [6.45, 7) is 5.38. The first-order chi connectivity index (χ1) is 8.90. The van der Waals surface area contributed by atoms with E-state index in [1.165, 1.54) is 16.8 Å². The second-order valence-corrected chi connectivity index (χ2v) is 4.72. The number of halogens is 1. The van der Waals surface area contributed by atoms with Gasteiger partial charge in [0.25, 0.3) is 0 Å². The monoisotopic (exact) mass is 262 g/mol. The molecule has 0 aliphatic heterocycles. The zero-order valence-electron chi connectivity index (χ0n) is 11.0. The summed E-state index contributed by atoms with van der Waals surface area (Å²) in [7, 11) is 0. The van der Waals surface area contributed by atoms with Crippen LogP contribution in [0.15, 0.2) is 24.3 Å². The molecule has 5 heteroatoms. The van der Waals surface area contributed by atoms with Gasteiger partial charge in [0.1, 0.15) is 11.5 Å². The summed E-state index contributed by atoms with van der Waals surface area (Å²) < 4.78 is 14.7. The van der Waals surface area contributed by atoms with Gasteiger partial charge in [0.2, 0.25) is 0 Å². The number of nitrogens with zero attached hydrogens (tertiary/aromatic N) is 2. The van der Waals surface area contributed by atoms with Crippen LogP contribution in [-0.2, 0) is 0 Å². The number of aromatic nitrogens is 2. The maximum Gasteiger partial charge on any atom is 0.354 e. The molecule has 0 unspecified atom stereocenters. The van der Waals surface area contributed by atoms with Crippen LogP contribution < -0.4 is 0 Å². The summed E-state index contributed by atoms with van der Waals surface area (Å²) in [6.07, 6.45) is 0. The average molecular weight is 262 g/mol. The van der Waals surface area contributed by atoms with Crippen molar-refractivity contribution in [1.82, 2.24) is 9.78 Å². The van der Waals surface area contributed by atoms with Gasteiger partial charge in [0.05, 0.1) is 5.69 Å². The van der Waals surface area contributed by atoms with Crippen LogP contribution in [-0.4, -0.2) is 20.9 Å². The molecule has 2 aromatic rings. The van der Waals surface area contributed by atoms with E-state index < -0.39 is 5.97 Å². The highest BCUT2D eigenvalue weighted by atomic mass is 19.1. The van der Waals surface area contributed by atoms with Crippen molar-refractivity contribution in [3.8, 4) is 11.3 Å². The number of carboxylic acid groups (broad SMARTS) is 1. The molecule has 0 atom stereocenters. The predicted octanol–water partition coefficient (Wildman–Crippen LogP) is 3.28. The third kappa shape index (κ3) is 2.50. The van der Waals surface area contributed by atoms with Crippen LogP contribution in [0.25, 0.3) is 11.3 Å². The molecule has 0 saturated carbocycles. The van der Waals surface area contributed by atoms with Crippen molar-refractivity contribution in [2.24, 2.45) is 0 Å². The van der Waals surface area contributed by atoms with E-state index in [-0.39, 0.29) is 17.6 Å². The fourth-order valence-electron chi connectivity index (χ4n) is 1.89. The van der Waals surface area contributed by atoms with Crippen molar-refractivity contribution < 1.29 is 14.3 Å². The largest absolute Gasteiger partial charge is 0.477 e. The number of aromatic carboxylic acids is 1. The predicted molar refractivity (Wildman–Crippen MR) is 69.7 cm³/mol. The molecule has 0 spiro atoms. The summed E-state index contributed by atoms with van der Waals surface area (Å²) in [4.78, 5) is 11.2. The minimum atomic E-state index is -1.02. The molecule has 1 heterocycles. The van der Waals surface area contributed by atoms with E-state index >= 15 is 0 Å². The first-order valence-corrected chi connectivity index (χ1v) is 5.99. The molecule has 0 saturated heterocycles. The van der Waals surface area contributed by atoms with Crippen LogP contribution in [0.2, 0.25) is 0 Å². The van der Waals surface area contributed by atoms with Gasteiger partial charge in [-0.2, -0.15) is 5.10 Å². The quantitative estimate of drug-likeness (QED) is 0.923. The number of carbonyl (C=O) groups is 1. The second-order valence-electron chi connectivity index (χ2n) is 4.72. The standard InChI is InChI=1S/C14H15FN2O2/c1-8(2)17-13(14(18)19)7-12(16-17)10-4-5-11(15)9(3)6-10/h4-8H,1-3H3,(H,18,19). The molecule has 0 aliphatic carbocycles. The van der Waals surface area contributed by atoms with Crippen molar-refractivity contribution in [3.63, 3.8) is 0 Å². The van der Waals surface area contributed by atoms with Gasteiger partial charge in [-0.1, -0.05) is 0 Å². The second kappa shape index (κ2) is 4.84. The Morgan fingerprint density at radius 2 is 2.05 bits per heavy atom.